The molecule has 0 aliphatic carbocycles. The van der Waals surface area contributed by atoms with Gasteiger partial charge in [-0.3, -0.25) is 0 Å². The Hall–Kier alpha value is -0.0400. The Labute approximate surface area is 58.0 Å². The molecule has 53 valence electrons. The Morgan fingerprint density at radius 2 is 2.22 bits per heavy atom. The Balaban J connectivity index is 2.30. The quantitative estimate of drug-likeness (QED) is 0.517. The normalized spacial score (nSPS) is 30.7. The molecule has 9 heavy (non-hydrogen) atoms. The van der Waals surface area contributed by atoms with Crippen molar-refractivity contribution >= 4 is 0 Å². The largest absolute Gasteiger partial charge is 0.303 e. The number of hydrogen-bond donors (Lipinski definition) is 0. The van der Waals surface area contributed by atoms with Gasteiger partial charge in [-0.25, -0.2) is 0 Å². The molecule has 1 radical (unpaired) electrons. The molecule has 1 fully saturated rings. The molecule has 1 aliphatic heterocycles. The van der Waals surface area contributed by atoms with Crippen molar-refractivity contribution in [2.75, 3.05) is 13.6 Å². The SMILES string of the molecule is C[CH]C1CCCCN1C. The molecule has 0 amide bonds. The molecule has 0 aromatic heterocycles. The molecule has 1 nitrogen and oxygen atoms in total. The van der Waals surface area contributed by atoms with Gasteiger partial charge in [0.05, 0.1) is 0 Å². The summed E-state index contributed by atoms with van der Waals surface area (Å²) in [6.45, 7) is 3.45. The molecule has 1 aliphatic rings. The van der Waals surface area contributed by atoms with Crippen LogP contribution in [0.2, 0.25) is 0 Å². The van der Waals surface area contributed by atoms with Crippen LogP contribution in [0.3, 0.4) is 0 Å². The lowest BCUT2D eigenvalue weighted by Crippen LogP contribution is -2.35. The second-order valence-corrected chi connectivity index (χ2v) is 2.88. The van der Waals surface area contributed by atoms with E-state index in [2.05, 4.69) is 25.3 Å². The summed E-state index contributed by atoms with van der Waals surface area (Å²) < 4.78 is 0. The predicted molar refractivity (Wildman–Crippen MR) is 40.2 cm³/mol. The first-order chi connectivity index (χ1) is 4.34. The third-order valence-corrected chi connectivity index (χ3v) is 2.21. The van der Waals surface area contributed by atoms with Crippen molar-refractivity contribution in [2.45, 2.75) is 32.2 Å². The Morgan fingerprint density at radius 3 is 2.67 bits per heavy atom. The molecule has 1 atom stereocenters. The lowest BCUT2D eigenvalue weighted by molar-refractivity contribution is 0.210. The van der Waals surface area contributed by atoms with Crippen LogP contribution in [0.1, 0.15) is 26.2 Å². The Kier molecular flexibility index (Phi) is 2.52. The summed E-state index contributed by atoms with van der Waals surface area (Å²) in [7, 11) is 2.21. The van der Waals surface area contributed by atoms with Crippen molar-refractivity contribution < 1.29 is 0 Å². The molecule has 0 spiro atoms. The van der Waals surface area contributed by atoms with Crippen LogP contribution >= 0.6 is 0 Å². The lowest BCUT2D eigenvalue weighted by atomic mass is 10.0. The molecule has 0 N–H and O–H groups in total. The van der Waals surface area contributed by atoms with E-state index in [-0.39, 0.29) is 0 Å². The van der Waals surface area contributed by atoms with Crippen molar-refractivity contribution in [3.63, 3.8) is 0 Å². The summed E-state index contributed by atoms with van der Waals surface area (Å²) in [6.07, 6.45) is 6.48. The van der Waals surface area contributed by atoms with Crippen molar-refractivity contribution in [1.82, 2.24) is 4.90 Å². The summed E-state index contributed by atoms with van der Waals surface area (Å²) in [5, 5.41) is 0. The van der Waals surface area contributed by atoms with Crippen molar-refractivity contribution in [1.29, 1.82) is 0 Å². The summed E-state index contributed by atoms with van der Waals surface area (Å²) in [4.78, 5) is 2.43. The molecule has 1 heteroatoms. The molecular formula is C8H16N. The van der Waals surface area contributed by atoms with Gasteiger partial charge in [0.25, 0.3) is 0 Å². The molecule has 1 heterocycles. The van der Waals surface area contributed by atoms with E-state index < -0.39 is 0 Å². The maximum absolute atomic E-state index is 2.43. The first-order valence-electron chi connectivity index (χ1n) is 3.84. The van der Waals surface area contributed by atoms with Crippen molar-refractivity contribution in [3.05, 3.63) is 6.42 Å². The minimum atomic E-state index is 0.763. The van der Waals surface area contributed by atoms with Gasteiger partial charge in [0, 0.05) is 6.04 Å². The minimum Gasteiger partial charge on any atom is -0.303 e. The Bertz CT molecular complexity index is 80.6. The van der Waals surface area contributed by atoms with Crippen LogP contribution in [-0.2, 0) is 0 Å². The lowest BCUT2D eigenvalue weighted by Gasteiger charge is -2.31. The van der Waals surface area contributed by atoms with Gasteiger partial charge in [0.2, 0.25) is 0 Å². The zero-order valence-corrected chi connectivity index (χ0v) is 6.43. The topological polar surface area (TPSA) is 3.24 Å². The van der Waals surface area contributed by atoms with Crippen LogP contribution in [0.4, 0.5) is 0 Å². The van der Waals surface area contributed by atoms with Crippen LogP contribution in [-0.4, -0.2) is 24.5 Å². The molecule has 0 bridgehead atoms. The fraction of sp³-hybridized carbons (Fsp3) is 0.875. The van der Waals surface area contributed by atoms with E-state index in [1.165, 1.54) is 25.8 Å². The van der Waals surface area contributed by atoms with Gasteiger partial charge >= 0.3 is 0 Å². The highest BCUT2D eigenvalue weighted by atomic mass is 15.1. The second kappa shape index (κ2) is 3.21. The van der Waals surface area contributed by atoms with Gasteiger partial charge in [-0.2, -0.15) is 0 Å². The van der Waals surface area contributed by atoms with E-state index in [0.29, 0.717) is 0 Å². The van der Waals surface area contributed by atoms with Crippen LogP contribution in [0, 0.1) is 6.42 Å². The van der Waals surface area contributed by atoms with Gasteiger partial charge in [0.15, 0.2) is 0 Å². The van der Waals surface area contributed by atoms with E-state index in [4.69, 9.17) is 0 Å². The molecule has 0 saturated carbocycles. The van der Waals surface area contributed by atoms with Crippen LogP contribution in [0.25, 0.3) is 0 Å². The molecular weight excluding hydrogens is 110 g/mol. The van der Waals surface area contributed by atoms with Crippen LogP contribution in [0.15, 0.2) is 0 Å². The number of nitrogens with zero attached hydrogens (tertiary/aromatic N) is 1. The zero-order valence-electron chi connectivity index (χ0n) is 6.43. The average Bonchev–Trinajstić information content (AvgIpc) is 1.89. The summed E-state index contributed by atoms with van der Waals surface area (Å²) in [5.41, 5.74) is 0. The van der Waals surface area contributed by atoms with Gasteiger partial charge in [-0.15, -0.1) is 0 Å². The van der Waals surface area contributed by atoms with E-state index in [9.17, 15) is 0 Å². The van der Waals surface area contributed by atoms with Crippen LogP contribution in [0.5, 0.6) is 0 Å². The fourth-order valence-electron chi connectivity index (χ4n) is 1.52. The van der Waals surface area contributed by atoms with Crippen molar-refractivity contribution in [3.8, 4) is 0 Å². The minimum absolute atomic E-state index is 0.763. The fourth-order valence-corrected chi connectivity index (χ4v) is 1.52. The smallest absolute Gasteiger partial charge is 0.0121 e. The third-order valence-electron chi connectivity index (χ3n) is 2.21. The predicted octanol–water partition coefficient (Wildman–Crippen LogP) is 1.69. The van der Waals surface area contributed by atoms with E-state index >= 15 is 0 Å². The highest BCUT2D eigenvalue weighted by Crippen LogP contribution is 2.15. The molecule has 0 aromatic rings. The number of likely N-dealkylation sites (tertiary alicyclic amines) is 1. The van der Waals surface area contributed by atoms with Gasteiger partial charge < -0.3 is 4.90 Å². The Morgan fingerprint density at radius 1 is 1.44 bits per heavy atom. The highest BCUT2D eigenvalue weighted by molar-refractivity contribution is 4.82. The standard InChI is InChI=1S/C8H16N/c1-3-8-6-4-5-7-9(8)2/h3,8H,4-7H2,1-2H3. The monoisotopic (exact) mass is 126 g/mol. The number of hydrogen-bond acceptors (Lipinski definition) is 1. The second-order valence-electron chi connectivity index (χ2n) is 2.88. The van der Waals surface area contributed by atoms with Gasteiger partial charge in [-0.1, -0.05) is 13.3 Å². The average molecular weight is 126 g/mol. The van der Waals surface area contributed by atoms with Crippen LogP contribution < -0.4 is 0 Å². The maximum Gasteiger partial charge on any atom is 0.0121 e. The maximum atomic E-state index is 2.43. The van der Waals surface area contributed by atoms with E-state index in [1.54, 1.807) is 0 Å². The molecule has 1 unspecified atom stereocenters. The number of rotatable bonds is 1. The first kappa shape index (κ1) is 7.07. The highest BCUT2D eigenvalue weighted by Gasteiger charge is 2.15. The summed E-state index contributed by atoms with van der Waals surface area (Å²) in [5.74, 6) is 0. The van der Waals surface area contributed by atoms with E-state index in [0.717, 1.165) is 6.04 Å². The molecule has 1 saturated heterocycles. The van der Waals surface area contributed by atoms with Gasteiger partial charge in [-0.05, 0) is 32.9 Å². The van der Waals surface area contributed by atoms with E-state index in [1.807, 2.05) is 0 Å². The first-order valence-corrected chi connectivity index (χ1v) is 3.84. The molecule has 1 rings (SSSR count). The third kappa shape index (κ3) is 1.68. The molecule has 0 aromatic carbocycles. The summed E-state index contributed by atoms with van der Waals surface area (Å²) >= 11 is 0. The summed E-state index contributed by atoms with van der Waals surface area (Å²) in [6, 6.07) is 0.763. The number of piperidine rings is 1. The zero-order chi connectivity index (χ0) is 6.69. The van der Waals surface area contributed by atoms with Gasteiger partial charge in [0.1, 0.15) is 0 Å². The van der Waals surface area contributed by atoms with Crippen molar-refractivity contribution in [2.24, 2.45) is 0 Å².